The number of nitro groups is 1. The lowest BCUT2D eigenvalue weighted by Gasteiger charge is -2.16. The Hall–Kier alpha value is -5.02. The van der Waals surface area contributed by atoms with E-state index in [-0.39, 0.29) is 50.8 Å². The first-order valence-corrected chi connectivity index (χ1v) is 19.1. The third-order valence-electron chi connectivity index (χ3n) is 7.98. The molecule has 0 spiro atoms. The smallest absolute Gasteiger partial charge is 0.348 e. The van der Waals surface area contributed by atoms with Crippen molar-refractivity contribution in [3.8, 4) is 5.75 Å². The van der Waals surface area contributed by atoms with Crippen molar-refractivity contribution < 1.29 is 37.2 Å². The monoisotopic (exact) mass is 896 g/mol. The van der Waals surface area contributed by atoms with Crippen LogP contribution in [0.4, 0.5) is 46.1 Å². The fourth-order valence-corrected chi connectivity index (χ4v) is 6.54. The molecule has 3 amide bonds. The summed E-state index contributed by atoms with van der Waals surface area (Å²) in [6, 6.07) is 10.0. The SMILES string of the molecule is CC(=O)Nc1cc(NCCCCCCCNCCCOc2cc(C(N)=O)c(Nc3ccc(I)cc3F)c(F)c2F)ccc1C(=O)Nc1nc(C)c([N+](=O)[O-])s1. The van der Waals surface area contributed by atoms with E-state index < -0.39 is 45.6 Å². The molecule has 1 aromatic heterocycles. The molecule has 19 heteroatoms. The number of ether oxygens (including phenoxy) is 1. The van der Waals surface area contributed by atoms with Gasteiger partial charge in [-0.1, -0.05) is 19.3 Å². The number of rotatable bonds is 21. The van der Waals surface area contributed by atoms with Crippen molar-refractivity contribution in [1.82, 2.24) is 10.3 Å². The Kier molecular flexibility index (Phi) is 16.0. The molecular formula is C36H40F3IN8O6S. The Labute approximate surface area is 332 Å². The number of benzene rings is 3. The Bertz CT molecular complexity index is 2040. The zero-order valence-corrected chi connectivity index (χ0v) is 32.9. The number of halogens is 4. The maximum absolute atomic E-state index is 15.0. The largest absolute Gasteiger partial charge is 0.490 e. The number of hydrogen-bond acceptors (Lipinski definition) is 11. The molecule has 0 unspecified atom stereocenters. The van der Waals surface area contributed by atoms with Gasteiger partial charge in [0.05, 0.1) is 39.7 Å². The first-order valence-electron chi connectivity index (χ1n) is 17.2. The van der Waals surface area contributed by atoms with E-state index in [1.807, 2.05) is 22.6 Å². The van der Waals surface area contributed by atoms with Crippen molar-refractivity contribution in [2.45, 2.75) is 52.4 Å². The van der Waals surface area contributed by atoms with E-state index >= 15 is 0 Å². The first-order chi connectivity index (χ1) is 26.2. The molecule has 4 aromatic rings. The number of amides is 3. The molecule has 4 rings (SSSR count). The lowest BCUT2D eigenvalue weighted by Crippen LogP contribution is -2.19. The van der Waals surface area contributed by atoms with Gasteiger partial charge in [0.15, 0.2) is 16.7 Å². The second kappa shape index (κ2) is 20.6. The second-order valence-electron chi connectivity index (χ2n) is 12.2. The number of unbranched alkanes of at least 4 members (excludes halogenated alkanes) is 4. The van der Waals surface area contributed by atoms with Crippen molar-refractivity contribution in [3.63, 3.8) is 0 Å². The Balaban J connectivity index is 1.12. The molecule has 3 aromatic carbocycles. The van der Waals surface area contributed by atoms with E-state index in [0.29, 0.717) is 28.8 Å². The molecule has 14 nitrogen and oxygen atoms in total. The van der Waals surface area contributed by atoms with Gasteiger partial charge in [0, 0.05) is 22.7 Å². The number of thiazole rings is 1. The number of nitrogens with zero attached hydrogens (tertiary/aromatic N) is 2. The summed E-state index contributed by atoms with van der Waals surface area (Å²) < 4.78 is 50.1. The molecule has 0 atom stereocenters. The highest BCUT2D eigenvalue weighted by Crippen LogP contribution is 2.34. The number of anilines is 5. The van der Waals surface area contributed by atoms with Crippen LogP contribution in [-0.4, -0.2) is 53.9 Å². The average molecular weight is 897 g/mol. The summed E-state index contributed by atoms with van der Waals surface area (Å²) in [4.78, 5) is 51.4. The molecule has 0 radical (unpaired) electrons. The van der Waals surface area contributed by atoms with Gasteiger partial charge in [0.25, 0.3) is 11.8 Å². The number of nitrogens with two attached hydrogens (primary N) is 1. The molecule has 7 N–H and O–H groups in total. The fraction of sp³-hybridized carbons (Fsp3) is 0.333. The molecule has 55 heavy (non-hydrogen) atoms. The molecule has 0 aliphatic carbocycles. The molecule has 294 valence electrons. The number of carbonyl (C=O) groups excluding carboxylic acids is 3. The van der Waals surface area contributed by atoms with Crippen molar-refractivity contribution in [2.24, 2.45) is 5.73 Å². The van der Waals surface area contributed by atoms with Crippen LogP contribution in [0.1, 0.15) is 71.9 Å². The fourth-order valence-electron chi connectivity index (χ4n) is 5.31. The van der Waals surface area contributed by atoms with Gasteiger partial charge in [0.2, 0.25) is 11.7 Å². The third-order valence-corrected chi connectivity index (χ3v) is 9.67. The Morgan fingerprint density at radius 1 is 0.909 bits per heavy atom. The maximum atomic E-state index is 15.0. The summed E-state index contributed by atoms with van der Waals surface area (Å²) in [6.45, 7) is 4.85. The molecule has 1 heterocycles. The van der Waals surface area contributed by atoms with Crippen LogP contribution in [0.2, 0.25) is 0 Å². The topological polar surface area (TPSA) is 203 Å². The maximum Gasteiger partial charge on any atom is 0.348 e. The normalized spacial score (nSPS) is 10.9. The summed E-state index contributed by atoms with van der Waals surface area (Å²) >= 11 is 2.65. The van der Waals surface area contributed by atoms with Gasteiger partial charge < -0.3 is 31.7 Å². The van der Waals surface area contributed by atoms with Gasteiger partial charge in [-0.05, 0) is 116 Å². The third kappa shape index (κ3) is 12.5. The number of carbonyl (C=O) groups is 3. The molecule has 0 saturated heterocycles. The lowest BCUT2D eigenvalue weighted by atomic mass is 10.1. The predicted molar refractivity (Wildman–Crippen MR) is 214 cm³/mol. The molecule has 0 bridgehead atoms. The van der Waals surface area contributed by atoms with Crippen LogP contribution in [0.25, 0.3) is 0 Å². The zero-order chi connectivity index (χ0) is 40.1. The van der Waals surface area contributed by atoms with Crippen LogP contribution >= 0.6 is 33.9 Å². The van der Waals surface area contributed by atoms with Crippen LogP contribution in [0.5, 0.6) is 5.75 Å². The standard InChI is InChI=1S/C36H40F3IN8O6S/c1-20-35(48(52)53)55-36(44-20)47-34(51)24-11-10-23(18-28(24)45-21(2)49)43-15-7-5-3-4-6-13-42-14-8-16-54-29-19-25(33(41)50)32(31(39)30(29)38)46-27-12-9-22(40)17-26(27)37/h9-12,17-19,42-43,46H,3-8,13-16H2,1-2H3,(H2,41,50)(H,45,49)(H,44,47,51). The van der Waals surface area contributed by atoms with Gasteiger partial charge in [-0.15, -0.1) is 0 Å². The number of hydrogen-bond donors (Lipinski definition) is 6. The van der Waals surface area contributed by atoms with E-state index in [0.717, 1.165) is 56.1 Å². The summed E-state index contributed by atoms with van der Waals surface area (Å²) in [7, 11) is 0. The van der Waals surface area contributed by atoms with Crippen LogP contribution < -0.4 is 37.1 Å². The highest BCUT2D eigenvalue weighted by molar-refractivity contribution is 14.1. The summed E-state index contributed by atoms with van der Waals surface area (Å²) in [5, 5.41) is 25.3. The van der Waals surface area contributed by atoms with E-state index in [9.17, 15) is 37.7 Å². The van der Waals surface area contributed by atoms with Crippen molar-refractivity contribution in [3.05, 3.63) is 90.4 Å². The summed E-state index contributed by atoms with van der Waals surface area (Å²) in [5.74, 6) is -5.89. The van der Waals surface area contributed by atoms with E-state index in [4.69, 9.17) is 10.5 Å². The lowest BCUT2D eigenvalue weighted by molar-refractivity contribution is -0.380. The van der Waals surface area contributed by atoms with E-state index in [1.165, 1.54) is 26.0 Å². The minimum Gasteiger partial charge on any atom is -0.490 e. The number of aryl methyl sites for hydroxylation is 1. The minimum absolute atomic E-state index is 0.0500. The molecular weight excluding hydrogens is 856 g/mol. The number of aromatic nitrogens is 1. The quantitative estimate of drug-likeness (QED) is 0.0207. The average Bonchev–Trinajstić information content (AvgIpc) is 3.49. The Morgan fingerprint density at radius 3 is 2.29 bits per heavy atom. The number of primary amides is 1. The highest BCUT2D eigenvalue weighted by Gasteiger charge is 2.24. The van der Waals surface area contributed by atoms with Gasteiger partial charge in [-0.2, -0.15) is 4.39 Å². The number of nitrogens with one attached hydrogen (secondary N) is 5. The van der Waals surface area contributed by atoms with Crippen LogP contribution in [0.15, 0.2) is 42.5 Å². The Morgan fingerprint density at radius 2 is 1.62 bits per heavy atom. The van der Waals surface area contributed by atoms with Gasteiger partial charge in [-0.25, -0.2) is 13.8 Å². The van der Waals surface area contributed by atoms with Crippen molar-refractivity contribution >= 4 is 84.5 Å². The first kappa shape index (κ1) is 42.7. The predicted octanol–water partition coefficient (Wildman–Crippen LogP) is 7.86. The van der Waals surface area contributed by atoms with Crippen molar-refractivity contribution in [2.75, 3.05) is 47.5 Å². The van der Waals surface area contributed by atoms with Crippen molar-refractivity contribution in [1.29, 1.82) is 0 Å². The van der Waals surface area contributed by atoms with Gasteiger partial charge in [-0.3, -0.25) is 29.8 Å². The molecule has 0 aliphatic rings. The molecule has 0 aliphatic heterocycles. The summed E-state index contributed by atoms with van der Waals surface area (Å²) in [6.07, 6.45) is 5.28. The second-order valence-corrected chi connectivity index (χ2v) is 14.5. The van der Waals surface area contributed by atoms with E-state index in [1.54, 1.807) is 24.3 Å². The highest BCUT2D eigenvalue weighted by atomic mass is 127. The van der Waals surface area contributed by atoms with E-state index in [2.05, 4.69) is 31.6 Å². The van der Waals surface area contributed by atoms with Crippen LogP contribution in [0, 0.1) is 38.1 Å². The van der Waals surface area contributed by atoms with Crippen LogP contribution in [0.3, 0.4) is 0 Å². The molecule has 0 saturated carbocycles. The van der Waals surface area contributed by atoms with Gasteiger partial charge in [0.1, 0.15) is 11.5 Å². The summed E-state index contributed by atoms with van der Waals surface area (Å²) in [5.41, 5.74) is 5.66. The van der Waals surface area contributed by atoms with Crippen LogP contribution in [-0.2, 0) is 4.79 Å². The zero-order valence-electron chi connectivity index (χ0n) is 30.0. The molecule has 0 fully saturated rings. The van der Waals surface area contributed by atoms with Gasteiger partial charge >= 0.3 is 5.00 Å². The minimum atomic E-state index is -1.41.